The van der Waals surface area contributed by atoms with Gasteiger partial charge in [-0.3, -0.25) is 14.9 Å². The molecule has 1 aromatic carbocycles. The first-order chi connectivity index (χ1) is 13.2. The van der Waals surface area contributed by atoms with Crippen LogP contribution < -0.4 is 10.6 Å². The topological polar surface area (TPSA) is 97.6 Å². The summed E-state index contributed by atoms with van der Waals surface area (Å²) in [5.41, 5.74) is 2.32. The van der Waals surface area contributed by atoms with Gasteiger partial charge in [0.25, 0.3) is 5.91 Å². The van der Waals surface area contributed by atoms with E-state index in [2.05, 4.69) is 43.5 Å². The average molecular weight is 386 g/mol. The van der Waals surface area contributed by atoms with Crippen molar-refractivity contribution in [3.05, 3.63) is 59.5 Å². The zero-order valence-electron chi connectivity index (χ0n) is 16.4. The van der Waals surface area contributed by atoms with Crippen molar-refractivity contribution >= 4 is 17.9 Å². The summed E-state index contributed by atoms with van der Waals surface area (Å²) in [5.74, 6) is -0.629. The van der Waals surface area contributed by atoms with Crippen LogP contribution in [0.25, 0.3) is 0 Å². The zero-order chi connectivity index (χ0) is 20.6. The number of rotatable bonds is 7. The first-order valence-corrected chi connectivity index (χ1v) is 9.09. The summed E-state index contributed by atoms with van der Waals surface area (Å²) in [6.45, 7) is 6.07. The highest BCUT2D eigenvalue weighted by Gasteiger charge is 2.14. The molecule has 1 heterocycles. The number of furan rings is 1. The van der Waals surface area contributed by atoms with Crippen molar-refractivity contribution in [1.82, 2.24) is 10.6 Å². The van der Waals surface area contributed by atoms with Crippen LogP contribution >= 0.6 is 0 Å². The van der Waals surface area contributed by atoms with Crippen LogP contribution in [-0.2, 0) is 32.7 Å². The number of aryl methyl sites for hydroxylation is 1. The van der Waals surface area contributed by atoms with Crippen molar-refractivity contribution in [3.63, 3.8) is 0 Å². The Morgan fingerprint density at radius 1 is 1.07 bits per heavy atom. The van der Waals surface area contributed by atoms with E-state index in [-0.39, 0.29) is 18.4 Å². The third-order valence-corrected chi connectivity index (χ3v) is 4.06. The summed E-state index contributed by atoms with van der Waals surface area (Å²) in [6.07, 6.45) is 2.17. The highest BCUT2D eigenvalue weighted by molar-refractivity contribution is 5.95. The highest BCUT2D eigenvalue weighted by Crippen LogP contribution is 2.22. The molecule has 7 heteroatoms. The summed E-state index contributed by atoms with van der Waals surface area (Å²) in [5, 5.41) is 4.54. The molecular weight excluding hydrogens is 360 g/mol. The highest BCUT2D eigenvalue weighted by atomic mass is 16.5. The van der Waals surface area contributed by atoms with E-state index in [1.807, 2.05) is 12.1 Å². The van der Waals surface area contributed by atoms with Crippen molar-refractivity contribution in [2.45, 2.75) is 45.6 Å². The summed E-state index contributed by atoms with van der Waals surface area (Å²) < 4.78 is 9.96. The lowest BCUT2D eigenvalue weighted by Gasteiger charge is -2.19. The molecule has 0 unspecified atom stereocenters. The fraction of sp³-hybridized carbons (Fsp3) is 0.381. The second-order valence-electron chi connectivity index (χ2n) is 7.42. The van der Waals surface area contributed by atoms with Crippen molar-refractivity contribution in [3.8, 4) is 0 Å². The molecule has 2 rings (SSSR count). The average Bonchev–Trinajstić information content (AvgIpc) is 3.16. The number of carbonyl (C=O) groups is 3. The number of hydrogen-bond acceptors (Lipinski definition) is 5. The van der Waals surface area contributed by atoms with Gasteiger partial charge in [0, 0.05) is 6.42 Å². The summed E-state index contributed by atoms with van der Waals surface area (Å²) in [6, 6.07) is 10.8. The summed E-state index contributed by atoms with van der Waals surface area (Å²) in [7, 11) is 0. The molecular formula is C21H26N2O5. The molecule has 0 fully saturated rings. The van der Waals surface area contributed by atoms with Gasteiger partial charge in [-0.25, -0.2) is 4.79 Å². The van der Waals surface area contributed by atoms with E-state index < -0.39 is 24.5 Å². The maximum Gasteiger partial charge on any atom is 0.321 e. The number of nitrogens with one attached hydrogen (secondary N) is 2. The Morgan fingerprint density at radius 2 is 1.79 bits per heavy atom. The number of esters is 1. The molecule has 0 aliphatic heterocycles. The zero-order valence-corrected chi connectivity index (χ0v) is 16.4. The lowest BCUT2D eigenvalue weighted by molar-refractivity contribution is -0.148. The largest absolute Gasteiger partial charge is 0.467 e. The Morgan fingerprint density at radius 3 is 2.39 bits per heavy atom. The van der Waals surface area contributed by atoms with E-state index >= 15 is 0 Å². The number of benzene rings is 1. The van der Waals surface area contributed by atoms with Crippen molar-refractivity contribution < 1.29 is 23.5 Å². The van der Waals surface area contributed by atoms with Gasteiger partial charge in [0.2, 0.25) is 0 Å². The fourth-order valence-electron chi connectivity index (χ4n) is 2.42. The van der Waals surface area contributed by atoms with Crippen LogP contribution in [0.5, 0.6) is 0 Å². The van der Waals surface area contributed by atoms with Crippen LogP contribution in [0, 0.1) is 0 Å². The Bertz CT molecular complexity index is 789. The summed E-state index contributed by atoms with van der Waals surface area (Å²) >= 11 is 0. The second kappa shape index (κ2) is 9.73. The second-order valence-corrected chi connectivity index (χ2v) is 7.42. The summed E-state index contributed by atoms with van der Waals surface area (Å²) in [4.78, 5) is 35.0. The number of carbonyl (C=O) groups excluding carboxylic acids is 3. The first-order valence-electron chi connectivity index (χ1n) is 9.09. The van der Waals surface area contributed by atoms with E-state index in [9.17, 15) is 14.4 Å². The van der Waals surface area contributed by atoms with Gasteiger partial charge >= 0.3 is 12.0 Å². The molecule has 2 aromatic rings. The predicted octanol–water partition coefficient (Wildman–Crippen LogP) is 3.08. The van der Waals surface area contributed by atoms with Crippen molar-refractivity contribution in [2.75, 3.05) is 6.61 Å². The lowest BCUT2D eigenvalue weighted by atomic mass is 9.86. The molecule has 0 bridgehead atoms. The molecule has 0 saturated carbocycles. The number of urea groups is 1. The molecule has 2 N–H and O–H groups in total. The third-order valence-electron chi connectivity index (χ3n) is 4.06. The molecule has 0 saturated heterocycles. The van der Waals surface area contributed by atoms with E-state index in [4.69, 9.17) is 9.15 Å². The molecule has 1 aromatic heterocycles. The van der Waals surface area contributed by atoms with Crippen molar-refractivity contribution in [2.24, 2.45) is 0 Å². The van der Waals surface area contributed by atoms with E-state index in [0.29, 0.717) is 12.2 Å². The van der Waals surface area contributed by atoms with Crippen LogP contribution in [0.1, 0.15) is 44.1 Å². The normalized spacial score (nSPS) is 11.0. The Balaban J connectivity index is 1.64. The minimum atomic E-state index is -0.695. The van der Waals surface area contributed by atoms with Crippen LogP contribution in [0.2, 0.25) is 0 Å². The van der Waals surface area contributed by atoms with Gasteiger partial charge in [0.15, 0.2) is 6.61 Å². The van der Waals surface area contributed by atoms with Crippen molar-refractivity contribution in [1.29, 1.82) is 0 Å². The molecule has 0 spiro atoms. The molecule has 0 aliphatic rings. The first kappa shape index (κ1) is 21.2. The minimum Gasteiger partial charge on any atom is -0.467 e. The quantitative estimate of drug-likeness (QED) is 0.713. The van der Waals surface area contributed by atoms with Gasteiger partial charge < -0.3 is 14.5 Å². The van der Waals surface area contributed by atoms with Gasteiger partial charge in [-0.05, 0) is 35.1 Å². The standard InChI is InChI=1S/C21H26N2O5/c1-21(2,3)16-9-6-15(7-10-16)8-11-19(25)28-14-18(24)23-20(26)22-13-17-5-4-12-27-17/h4-7,9-10,12H,8,11,13-14H2,1-3H3,(H2,22,23,24,26). The van der Waals surface area contributed by atoms with Gasteiger partial charge in [0.1, 0.15) is 5.76 Å². The predicted molar refractivity (Wildman–Crippen MR) is 104 cm³/mol. The minimum absolute atomic E-state index is 0.0784. The SMILES string of the molecule is CC(C)(C)c1ccc(CCC(=O)OCC(=O)NC(=O)NCc2ccco2)cc1. The van der Waals surface area contributed by atoms with Crippen LogP contribution in [0.4, 0.5) is 4.79 Å². The molecule has 7 nitrogen and oxygen atoms in total. The monoisotopic (exact) mass is 386 g/mol. The van der Waals surface area contributed by atoms with Gasteiger partial charge in [-0.1, -0.05) is 45.0 Å². The number of hydrogen-bond donors (Lipinski definition) is 2. The Labute approximate surface area is 164 Å². The molecule has 0 aliphatic carbocycles. The maximum absolute atomic E-state index is 11.8. The van der Waals surface area contributed by atoms with Gasteiger partial charge in [-0.15, -0.1) is 0 Å². The number of ether oxygens (including phenoxy) is 1. The molecule has 0 atom stereocenters. The van der Waals surface area contributed by atoms with Crippen LogP contribution in [0.3, 0.4) is 0 Å². The van der Waals surface area contributed by atoms with Gasteiger partial charge in [-0.2, -0.15) is 0 Å². The smallest absolute Gasteiger partial charge is 0.321 e. The Kier molecular flexibility index (Phi) is 7.37. The number of amides is 3. The maximum atomic E-state index is 11.8. The third kappa shape index (κ3) is 7.26. The van der Waals surface area contributed by atoms with Crippen LogP contribution in [0.15, 0.2) is 47.1 Å². The van der Waals surface area contributed by atoms with E-state index in [0.717, 1.165) is 5.56 Å². The van der Waals surface area contributed by atoms with Gasteiger partial charge in [0.05, 0.1) is 12.8 Å². The molecule has 28 heavy (non-hydrogen) atoms. The fourth-order valence-corrected chi connectivity index (χ4v) is 2.42. The Hall–Kier alpha value is -3.09. The number of imide groups is 1. The lowest BCUT2D eigenvalue weighted by Crippen LogP contribution is -2.41. The van der Waals surface area contributed by atoms with E-state index in [1.54, 1.807) is 12.1 Å². The molecule has 150 valence electrons. The van der Waals surface area contributed by atoms with E-state index in [1.165, 1.54) is 11.8 Å². The van der Waals surface area contributed by atoms with Crippen LogP contribution in [-0.4, -0.2) is 24.5 Å². The molecule has 3 amide bonds. The molecule has 0 radical (unpaired) electrons.